The molecule has 2 aliphatic rings. The SMILES string of the molecule is CCOc1ccc2c(c1)CC(NCCCCO)C(=O)N2c1cccc(CC[C@H]2O[C@@H](CCO)[C@H]([Si](C)(C)F)[C@H]2C)c1. The van der Waals surface area contributed by atoms with E-state index in [0.717, 1.165) is 47.5 Å². The van der Waals surface area contributed by atoms with Gasteiger partial charge in [-0.05, 0) is 112 Å². The van der Waals surface area contributed by atoms with Gasteiger partial charge in [0.05, 0.1) is 30.5 Å². The lowest BCUT2D eigenvalue weighted by atomic mass is 9.94. The highest BCUT2D eigenvalue weighted by atomic mass is 28.4. The van der Waals surface area contributed by atoms with E-state index in [-0.39, 0.29) is 48.8 Å². The van der Waals surface area contributed by atoms with Crippen molar-refractivity contribution >= 4 is 25.7 Å². The molecule has 0 aromatic heterocycles. The summed E-state index contributed by atoms with van der Waals surface area (Å²) in [5, 5.41) is 22.1. The molecule has 0 saturated carbocycles. The van der Waals surface area contributed by atoms with Crippen molar-refractivity contribution in [2.24, 2.45) is 5.92 Å². The number of amides is 1. The topological polar surface area (TPSA) is 91.3 Å². The normalized spacial score (nSPS) is 24.5. The molecule has 0 aliphatic carbocycles. The Morgan fingerprint density at radius 2 is 1.90 bits per heavy atom. The number of nitrogens with zero attached hydrogens (tertiary/aromatic N) is 1. The van der Waals surface area contributed by atoms with Crippen molar-refractivity contribution in [3.8, 4) is 5.75 Å². The number of aliphatic hydroxyl groups is 2. The number of carbonyl (C=O) groups excluding carboxylic acids is 1. The van der Waals surface area contributed by atoms with Crippen molar-refractivity contribution in [2.75, 3.05) is 31.3 Å². The Balaban J connectivity index is 1.54. The molecule has 0 bridgehead atoms. The van der Waals surface area contributed by atoms with Crippen molar-refractivity contribution in [1.82, 2.24) is 5.32 Å². The third-order valence-electron chi connectivity index (χ3n) is 8.52. The zero-order valence-corrected chi connectivity index (χ0v) is 25.9. The first-order valence-corrected chi connectivity index (χ1v) is 18.1. The van der Waals surface area contributed by atoms with Crippen LogP contribution in [0, 0.1) is 5.92 Å². The summed E-state index contributed by atoms with van der Waals surface area (Å²) >= 11 is 0. The summed E-state index contributed by atoms with van der Waals surface area (Å²) in [5.74, 6) is 0.880. The number of aryl methyl sites for hydroxylation is 1. The van der Waals surface area contributed by atoms with Gasteiger partial charge in [-0.1, -0.05) is 19.1 Å². The number of rotatable bonds is 14. The van der Waals surface area contributed by atoms with Crippen LogP contribution in [0.1, 0.15) is 50.7 Å². The molecule has 1 fully saturated rings. The van der Waals surface area contributed by atoms with E-state index < -0.39 is 8.41 Å². The summed E-state index contributed by atoms with van der Waals surface area (Å²) in [6, 6.07) is 13.6. The molecule has 1 unspecified atom stereocenters. The monoisotopic (exact) mass is 586 g/mol. The molecule has 1 amide bonds. The Morgan fingerprint density at radius 3 is 2.61 bits per heavy atom. The fourth-order valence-electron chi connectivity index (χ4n) is 6.66. The Bertz CT molecular complexity index is 1160. The van der Waals surface area contributed by atoms with E-state index >= 15 is 4.11 Å². The largest absolute Gasteiger partial charge is 0.494 e. The number of carbonyl (C=O) groups is 1. The molecule has 2 aromatic rings. The number of hydrogen-bond donors (Lipinski definition) is 3. The van der Waals surface area contributed by atoms with Gasteiger partial charge in [0.1, 0.15) is 5.75 Å². The summed E-state index contributed by atoms with van der Waals surface area (Å²) in [4.78, 5) is 15.6. The predicted molar refractivity (Wildman–Crippen MR) is 163 cm³/mol. The van der Waals surface area contributed by atoms with Crippen molar-refractivity contribution in [3.63, 3.8) is 0 Å². The molecule has 1 saturated heterocycles. The van der Waals surface area contributed by atoms with Gasteiger partial charge in [0, 0.05) is 24.4 Å². The first-order valence-electron chi connectivity index (χ1n) is 15.2. The molecule has 5 atom stereocenters. The molecule has 0 radical (unpaired) electrons. The summed E-state index contributed by atoms with van der Waals surface area (Å²) < 4.78 is 27.3. The van der Waals surface area contributed by atoms with E-state index in [1.807, 2.05) is 37.3 Å². The van der Waals surface area contributed by atoms with Crippen LogP contribution in [0.15, 0.2) is 42.5 Å². The highest BCUT2D eigenvalue weighted by Crippen LogP contribution is 2.47. The molecule has 9 heteroatoms. The van der Waals surface area contributed by atoms with Crippen LogP contribution in [0.25, 0.3) is 0 Å². The van der Waals surface area contributed by atoms with Crippen molar-refractivity contribution in [2.45, 2.75) is 89.3 Å². The second-order valence-electron chi connectivity index (χ2n) is 11.9. The Hall–Kier alpha value is -2.30. The lowest BCUT2D eigenvalue weighted by molar-refractivity contribution is -0.120. The molecular weight excluding hydrogens is 539 g/mol. The maximum Gasteiger partial charge on any atom is 0.249 e. The molecule has 41 heavy (non-hydrogen) atoms. The molecule has 0 spiro atoms. The van der Waals surface area contributed by atoms with Crippen LogP contribution < -0.4 is 15.0 Å². The molecule has 2 aromatic carbocycles. The van der Waals surface area contributed by atoms with E-state index in [1.165, 1.54) is 0 Å². The molecular formula is C32H47FN2O5Si. The van der Waals surface area contributed by atoms with Gasteiger partial charge in [-0.15, -0.1) is 0 Å². The van der Waals surface area contributed by atoms with E-state index in [4.69, 9.17) is 14.6 Å². The minimum absolute atomic E-state index is 0.000352. The Kier molecular flexibility index (Phi) is 11.0. The summed E-state index contributed by atoms with van der Waals surface area (Å²) in [7, 11) is -2.95. The van der Waals surface area contributed by atoms with Gasteiger partial charge in [0.2, 0.25) is 14.3 Å². The fourth-order valence-corrected chi connectivity index (χ4v) is 9.25. The maximum atomic E-state index is 15.2. The third kappa shape index (κ3) is 7.56. The highest BCUT2D eigenvalue weighted by molar-refractivity contribution is 6.72. The Morgan fingerprint density at radius 1 is 1.10 bits per heavy atom. The van der Waals surface area contributed by atoms with Gasteiger partial charge in [-0.3, -0.25) is 9.69 Å². The summed E-state index contributed by atoms with van der Waals surface area (Å²) in [6.07, 6.45) is 3.74. The van der Waals surface area contributed by atoms with Crippen molar-refractivity contribution in [1.29, 1.82) is 0 Å². The van der Waals surface area contributed by atoms with E-state index in [1.54, 1.807) is 18.0 Å². The molecule has 3 N–H and O–H groups in total. The first kappa shape index (κ1) is 31.6. The molecule has 4 rings (SSSR count). The van der Waals surface area contributed by atoms with Crippen LogP contribution >= 0.6 is 0 Å². The number of hydrogen-bond acceptors (Lipinski definition) is 6. The molecule has 2 aliphatic heterocycles. The Labute approximate surface area is 245 Å². The number of anilines is 2. The molecule has 2 heterocycles. The second-order valence-corrected chi connectivity index (χ2v) is 15.7. The number of ether oxygens (including phenoxy) is 2. The average molecular weight is 587 g/mol. The molecule has 226 valence electrons. The van der Waals surface area contributed by atoms with Crippen LogP contribution in [-0.4, -0.2) is 69.1 Å². The number of nitrogens with one attached hydrogen (secondary N) is 1. The van der Waals surface area contributed by atoms with E-state index in [0.29, 0.717) is 32.4 Å². The highest BCUT2D eigenvalue weighted by Gasteiger charge is 2.50. The predicted octanol–water partition coefficient (Wildman–Crippen LogP) is 5.30. The van der Waals surface area contributed by atoms with Crippen molar-refractivity contribution in [3.05, 3.63) is 53.6 Å². The van der Waals surface area contributed by atoms with Crippen LogP contribution in [0.3, 0.4) is 0 Å². The minimum atomic E-state index is -2.95. The minimum Gasteiger partial charge on any atom is -0.494 e. The van der Waals surface area contributed by atoms with Gasteiger partial charge in [-0.2, -0.15) is 0 Å². The molecule has 7 nitrogen and oxygen atoms in total. The van der Waals surface area contributed by atoms with E-state index in [2.05, 4.69) is 24.4 Å². The summed E-state index contributed by atoms with van der Waals surface area (Å²) in [6.45, 7) is 8.90. The standard InChI is InChI=1S/C32H47FN2O5Si/c1-5-39-26-12-13-28-24(20-26)21-27(34-16-6-7-17-36)32(38)35(28)25-10-8-9-23(19-25)11-14-29-22(2)31(41(3,4)33)30(40-29)15-18-37/h8-10,12-13,19-20,22,27,29-31,34,36-37H,5-7,11,14-18,21H2,1-4H3/t22-,27?,29+,30-,31+/m0/s1. The van der Waals surface area contributed by atoms with Crippen LogP contribution in [-0.2, 0) is 22.4 Å². The second kappa shape index (κ2) is 14.2. The van der Waals surface area contributed by atoms with Gasteiger partial charge in [0.15, 0.2) is 0 Å². The zero-order chi connectivity index (χ0) is 29.6. The average Bonchev–Trinajstić information content (AvgIpc) is 3.25. The van der Waals surface area contributed by atoms with Crippen LogP contribution in [0.5, 0.6) is 5.75 Å². The smallest absolute Gasteiger partial charge is 0.249 e. The third-order valence-corrected chi connectivity index (χ3v) is 11.0. The number of halogens is 1. The maximum absolute atomic E-state index is 15.2. The quantitative estimate of drug-likeness (QED) is 0.158. The van der Waals surface area contributed by atoms with Gasteiger partial charge < -0.3 is 29.1 Å². The number of aliphatic hydroxyl groups excluding tert-OH is 2. The lowest BCUT2D eigenvalue weighted by Gasteiger charge is -2.35. The van der Waals surface area contributed by atoms with Crippen LogP contribution in [0.2, 0.25) is 18.6 Å². The number of fused-ring (bicyclic) bond motifs is 1. The van der Waals surface area contributed by atoms with Crippen molar-refractivity contribution < 1.29 is 28.6 Å². The summed E-state index contributed by atoms with van der Waals surface area (Å²) in [5.41, 5.74) is 3.69. The lowest BCUT2D eigenvalue weighted by Crippen LogP contribution is -2.49. The fraction of sp³-hybridized carbons (Fsp3) is 0.594. The van der Waals surface area contributed by atoms with Gasteiger partial charge in [-0.25, -0.2) is 0 Å². The van der Waals surface area contributed by atoms with Gasteiger partial charge in [0.25, 0.3) is 0 Å². The number of unbranched alkanes of at least 4 members (excludes halogenated alkanes) is 1. The van der Waals surface area contributed by atoms with Gasteiger partial charge >= 0.3 is 0 Å². The van der Waals surface area contributed by atoms with Crippen LogP contribution in [0.4, 0.5) is 15.5 Å². The van der Waals surface area contributed by atoms with E-state index in [9.17, 15) is 9.90 Å². The zero-order valence-electron chi connectivity index (χ0n) is 24.9. The number of benzene rings is 2. The first-order chi connectivity index (χ1) is 19.7.